The van der Waals surface area contributed by atoms with E-state index in [-0.39, 0.29) is 25.1 Å². The summed E-state index contributed by atoms with van der Waals surface area (Å²) in [6, 6.07) is 12.6. The molecule has 1 heterocycles. The number of carbonyl (C=O) groups excluding carboxylic acids is 2. The van der Waals surface area contributed by atoms with Crippen LogP contribution < -0.4 is 14.8 Å². The first-order valence-corrected chi connectivity index (χ1v) is 10.1. The molecule has 1 N–H and O–H groups in total. The highest BCUT2D eigenvalue weighted by atomic mass is 16.5. The van der Waals surface area contributed by atoms with Crippen LogP contribution in [-0.4, -0.2) is 50.7 Å². The highest BCUT2D eigenvalue weighted by Gasteiger charge is 2.30. The third-order valence-corrected chi connectivity index (χ3v) is 5.20. The highest BCUT2D eigenvalue weighted by Crippen LogP contribution is 2.38. The summed E-state index contributed by atoms with van der Waals surface area (Å²) in [6.45, 7) is 3.04. The van der Waals surface area contributed by atoms with Gasteiger partial charge in [-0.2, -0.15) is 0 Å². The number of hydrogen-bond donors (Lipinski definition) is 1. The summed E-state index contributed by atoms with van der Waals surface area (Å²) in [4.78, 5) is 27.1. The molecule has 7 heteroatoms. The SMILES string of the molecule is CCOC(=O)c1ccccc1NC(=O)CN1CCC[C@@H]1c1cc(OC)ccc1OC. The summed E-state index contributed by atoms with van der Waals surface area (Å²) in [7, 11) is 3.27. The Bertz CT molecular complexity index is 899. The molecule has 2 aromatic carbocycles. The van der Waals surface area contributed by atoms with E-state index in [0.717, 1.165) is 36.4 Å². The maximum absolute atomic E-state index is 12.8. The maximum Gasteiger partial charge on any atom is 0.340 e. The predicted molar refractivity (Wildman–Crippen MR) is 114 cm³/mol. The monoisotopic (exact) mass is 412 g/mol. The summed E-state index contributed by atoms with van der Waals surface area (Å²) in [5.41, 5.74) is 1.81. The van der Waals surface area contributed by atoms with E-state index in [0.29, 0.717) is 11.3 Å². The fourth-order valence-corrected chi connectivity index (χ4v) is 3.82. The molecule has 0 spiro atoms. The van der Waals surface area contributed by atoms with Gasteiger partial charge in [0, 0.05) is 11.6 Å². The zero-order valence-corrected chi connectivity index (χ0v) is 17.6. The van der Waals surface area contributed by atoms with Crippen LogP contribution >= 0.6 is 0 Å². The normalized spacial score (nSPS) is 16.2. The number of ether oxygens (including phenoxy) is 3. The largest absolute Gasteiger partial charge is 0.497 e. The lowest BCUT2D eigenvalue weighted by molar-refractivity contribution is -0.117. The van der Waals surface area contributed by atoms with Gasteiger partial charge in [-0.05, 0) is 56.6 Å². The molecule has 160 valence electrons. The van der Waals surface area contributed by atoms with Crippen molar-refractivity contribution in [2.45, 2.75) is 25.8 Å². The van der Waals surface area contributed by atoms with E-state index in [4.69, 9.17) is 14.2 Å². The standard InChI is InChI=1S/C23H28N2O5/c1-4-30-23(27)17-8-5-6-9-19(17)24-22(26)15-25-13-7-10-20(25)18-14-16(28-2)11-12-21(18)29-3/h5-6,8-9,11-12,14,20H,4,7,10,13,15H2,1-3H3,(H,24,26)/t20-/m1/s1. The van der Waals surface area contributed by atoms with Gasteiger partial charge in [0.1, 0.15) is 11.5 Å². The number of hydrogen-bond acceptors (Lipinski definition) is 6. The van der Waals surface area contributed by atoms with E-state index in [9.17, 15) is 9.59 Å². The molecule has 1 aliphatic rings. The van der Waals surface area contributed by atoms with E-state index in [1.165, 1.54) is 0 Å². The Kier molecular flexibility index (Phi) is 7.30. The summed E-state index contributed by atoms with van der Waals surface area (Å²) in [5, 5.41) is 2.86. The van der Waals surface area contributed by atoms with Crippen molar-refractivity contribution in [2.24, 2.45) is 0 Å². The molecule has 0 radical (unpaired) electrons. The number of nitrogens with zero attached hydrogens (tertiary/aromatic N) is 1. The van der Waals surface area contributed by atoms with E-state index in [2.05, 4.69) is 10.2 Å². The van der Waals surface area contributed by atoms with Gasteiger partial charge in [0.15, 0.2) is 0 Å². The third-order valence-electron chi connectivity index (χ3n) is 5.20. The van der Waals surface area contributed by atoms with Crippen LogP contribution in [0.15, 0.2) is 42.5 Å². The molecule has 0 bridgehead atoms. The zero-order chi connectivity index (χ0) is 21.5. The van der Waals surface area contributed by atoms with Crippen LogP contribution in [0, 0.1) is 0 Å². The van der Waals surface area contributed by atoms with Gasteiger partial charge in [0.05, 0.1) is 38.6 Å². The van der Waals surface area contributed by atoms with Gasteiger partial charge in [-0.25, -0.2) is 4.79 Å². The molecule has 2 aromatic rings. The Morgan fingerprint density at radius 3 is 2.67 bits per heavy atom. The third kappa shape index (κ3) is 4.91. The lowest BCUT2D eigenvalue weighted by Gasteiger charge is -2.26. The van der Waals surface area contributed by atoms with Crippen LogP contribution in [0.4, 0.5) is 5.69 Å². The minimum atomic E-state index is -0.450. The highest BCUT2D eigenvalue weighted by molar-refractivity contribution is 6.01. The van der Waals surface area contributed by atoms with Crippen molar-refractivity contribution in [3.63, 3.8) is 0 Å². The fourth-order valence-electron chi connectivity index (χ4n) is 3.82. The van der Waals surface area contributed by atoms with Crippen LogP contribution in [0.2, 0.25) is 0 Å². The number of amides is 1. The molecule has 3 rings (SSSR count). The number of nitrogens with one attached hydrogen (secondary N) is 1. The van der Waals surface area contributed by atoms with Gasteiger partial charge in [0.2, 0.25) is 5.91 Å². The number of esters is 1. The molecule has 0 aromatic heterocycles. The number of likely N-dealkylation sites (tertiary alicyclic amines) is 1. The Morgan fingerprint density at radius 2 is 1.93 bits per heavy atom. The van der Waals surface area contributed by atoms with Gasteiger partial charge < -0.3 is 19.5 Å². The Hall–Kier alpha value is -3.06. The summed E-state index contributed by atoms with van der Waals surface area (Å²) < 4.78 is 16.0. The van der Waals surface area contributed by atoms with E-state index >= 15 is 0 Å². The van der Waals surface area contributed by atoms with Gasteiger partial charge >= 0.3 is 5.97 Å². The Balaban J connectivity index is 1.74. The lowest BCUT2D eigenvalue weighted by Crippen LogP contribution is -2.33. The molecular weight excluding hydrogens is 384 g/mol. The minimum Gasteiger partial charge on any atom is -0.497 e. The zero-order valence-electron chi connectivity index (χ0n) is 17.6. The molecule has 1 atom stereocenters. The Labute approximate surface area is 176 Å². The van der Waals surface area contributed by atoms with Gasteiger partial charge in [-0.1, -0.05) is 12.1 Å². The Morgan fingerprint density at radius 1 is 1.13 bits per heavy atom. The van der Waals surface area contributed by atoms with Crippen molar-refractivity contribution in [1.29, 1.82) is 0 Å². The van der Waals surface area contributed by atoms with E-state index in [1.54, 1.807) is 45.4 Å². The molecule has 1 aliphatic heterocycles. The van der Waals surface area contributed by atoms with Gasteiger partial charge in [-0.3, -0.25) is 9.69 Å². The molecule has 7 nitrogen and oxygen atoms in total. The van der Waals surface area contributed by atoms with Crippen LogP contribution in [0.5, 0.6) is 11.5 Å². The first-order chi connectivity index (χ1) is 14.6. The fraction of sp³-hybridized carbons (Fsp3) is 0.391. The van der Waals surface area contributed by atoms with Crippen LogP contribution in [0.3, 0.4) is 0 Å². The molecule has 1 fully saturated rings. The predicted octanol–water partition coefficient (Wildman–Crippen LogP) is 3.66. The molecule has 1 saturated heterocycles. The maximum atomic E-state index is 12.8. The van der Waals surface area contributed by atoms with Crippen LogP contribution in [0.25, 0.3) is 0 Å². The van der Waals surface area contributed by atoms with E-state index < -0.39 is 5.97 Å². The number of methoxy groups -OCH3 is 2. The topological polar surface area (TPSA) is 77.1 Å². The van der Waals surface area contributed by atoms with Gasteiger partial charge in [-0.15, -0.1) is 0 Å². The van der Waals surface area contributed by atoms with Crippen molar-refractivity contribution >= 4 is 17.6 Å². The first kappa shape index (κ1) is 21.6. The van der Waals surface area contributed by atoms with Crippen molar-refractivity contribution in [3.05, 3.63) is 53.6 Å². The second-order valence-corrected chi connectivity index (χ2v) is 7.05. The summed E-state index contributed by atoms with van der Waals surface area (Å²) >= 11 is 0. The lowest BCUT2D eigenvalue weighted by atomic mass is 10.0. The second-order valence-electron chi connectivity index (χ2n) is 7.05. The van der Waals surface area contributed by atoms with Crippen molar-refractivity contribution in [1.82, 2.24) is 4.90 Å². The number of para-hydroxylation sites is 1. The summed E-state index contributed by atoms with van der Waals surface area (Å²) in [5.74, 6) is 0.903. The number of rotatable bonds is 8. The van der Waals surface area contributed by atoms with E-state index in [1.807, 2.05) is 18.2 Å². The molecule has 0 unspecified atom stereocenters. The van der Waals surface area contributed by atoms with Crippen molar-refractivity contribution < 1.29 is 23.8 Å². The quantitative estimate of drug-likeness (QED) is 0.667. The number of benzene rings is 2. The molecular formula is C23H28N2O5. The first-order valence-electron chi connectivity index (χ1n) is 10.1. The average Bonchev–Trinajstić information content (AvgIpc) is 3.21. The smallest absolute Gasteiger partial charge is 0.340 e. The number of carbonyl (C=O) groups is 2. The van der Waals surface area contributed by atoms with Gasteiger partial charge in [0.25, 0.3) is 0 Å². The molecule has 30 heavy (non-hydrogen) atoms. The molecule has 1 amide bonds. The van der Waals surface area contributed by atoms with Crippen molar-refractivity contribution in [2.75, 3.05) is 39.2 Å². The average molecular weight is 412 g/mol. The second kappa shape index (κ2) is 10.1. The molecule has 0 saturated carbocycles. The van der Waals surface area contributed by atoms with Crippen LogP contribution in [0.1, 0.15) is 41.7 Å². The minimum absolute atomic E-state index is 0.0566. The summed E-state index contributed by atoms with van der Waals surface area (Å²) in [6.07, 6.45) is 1.91. The van der Waals surface area contributed by atoms with Crippen molar-refractivity contribution in [3.8, 4) is 11.5 Å². The van der Waals surface area contributed by atoms with Crippen LogP contribution in [-0.2, 0) is 9.53 Å². The molecule has 0 aliphatic carbocycles. The number of anilines is 1.